The van der Waals surface area contributed by atoms with Crippen molar-refractivity contribution in [3.8, 4) is 0 Å². The maximum atomic E-state index is 7.03. The molecule has 0 aliphatic rings. The van der Waals surface area contributed by atoms with E-state index in [4.69, 9.17) is 28.8 Å². The number of hydrogen-bond donors (Lipinski definition) is 0. The van der Waals surface area contributed by atoms with Gasteiger partial charge >= 0.3 is 25.9 Å². The molecule has 0 unspecified atom stereocenters. The predicted molar refractivity (Wildman–Crippen MR) is 232 cm³/mol. The van der Waals surface area contributed by atoms with Gasteiger partial charge in [0.05, 0.1) is 0 Å². The molecular weight excluding hydrogens is 757 g/mol. The van der Waals surface area contributed by atoms with Gasteiger partial charge in [-0.25, -0.2) is 0 Å². The van der Waals surface area contributed by atoms with E-state index >= 15 is 0 Å². The first-order chi connectivity index (χ1) is 20.0. The van der Waals surface area contributed by atoms with Crippen molar-refractivity contribution in [2.45, 2.75) is 180 Å². The third kappa shape index (κ3) is 23.6. The van der Waals surface area contributed by atoms with Gasteiger partial charge in [0.2, 0.25) is 0 Å². The molecule has 0 aliphatic carbocycles. The minimum Gasteiger partial charge on any atom is -0.437 e. The standard InChI is InChI=1S/C28H80O7Si11/c1-36(2)29-46(22,30-37(3)4)35-43(16,17)28-27-42(14,15)34-45(20,21)33-41(12,13)26-25-40(10,11)32-44(18,19)31-39(8,9)24-23-38(5,6)7/h36-37H,23-28H2,1-22H3. The van der Waals surface area contributed by atoms with E-state index in [9.17, 15) is 0 Å². The van der Waals surface area contributed by atoms with E-state index in [-0.39, 0.29) is 0 Å². The van der Waals surface area contributed by atoms with Crippen LogP contribution in [-0.2, 0) is 28.8 Å². The van der Waals surface area contributed by atoms with E-state index in [0.29, 0.717) is 0 Å². The Kier molecular flexibility index (Phi) is 18.6. The summed E-state index contributed by atoms with van der Waals surface area (Å²) in [7, 11) is -20.4. The highest BCUT2D eigenvalue weighted by molar-refractivity contribution is 6.91. The second-order valence-corrected chi connectivity index (χ2v) is 62.6. The Hall–Kier alpha value is 2.11. The Bertz CT molecular complexity index is 912. The molecule has 0 bridgehead atoms. The monoisotopic (exact) mass is 836 g/mol. The molecule has 0 aromatic rings. The van der Waals surface area contributed by atoms with Gasteiger partial charge in [0, 0.05) is 14.6 Å². The topological polar surface area (TPSA) is 64.6 Å². The lowest BCUT2D eigenvalue weighted by molar-refractivity contribution is 0.272. The maximum absolute atomic E-state index is 7.03. The summed E-state index contributed by atoms with van der Waals surface area (Å²) >= 11 is 0. The van der Waals surface area contributed by atoms with Crippen LogP contribution in [0.25, 0.3) is 0 Å². The van der Waals surface area contributed by atoms with Crippen LogP contribution in [0.3, 0.4) is 0 Å². The highest BCUT2D eigenvalue weighted by atomic mass is 28.5. The van der Waals surface area contributed by atoms with Gasteiger partial charge < -0.3 is 28.8 Å². The van der Waals surface area contributed by atoms with E-state index in [1.807, 2.05) is 0 Å². The average molecular weight is 838 g/mol. The van der Waals surface area contributed by atoms with Crippen molar-refractivity contribution in [1.82, 2.24) is 0 Å². The van der Waals surface area contributed by atoms with Gasteiger partial charge in [-0.2, -0.15) is 0 Å². The summed E-state index contributed by atoms with van der Waals surface area (Å²) in [5.74, 6) is 0. The molecule has 0 amide bonds. The molecule has 0 saturated heterocycles. The zero-order chi connectivity index (χ0) is 36.8. The Balaban J connectivity index is 5.26. The minimum atomic E-state index is -2.61. The van der Waals surface area contributed by atoms with Crippen LogP contribution < -0.4 is 0 Å². The Morgan fingerprint density at radius 3 is 0.761 bits per heavy atom. The van der Waals surface area contributed by atoms with Crippen LogP contribution in [0, 0.1) is 0 Å². The third-order valence-electron chi connectivity index (χ3n) is 7.58. The van der Waals surface area contributed by atoms with Crippen molar-refractivity contribution in [1.29, 1.82) is 0 Å². The van der Waals surface area contributed by atoms with Gasteiger partial charge in [0.1, 0.15) is 0 Å². The molecule has 0 heterocycles. The summed E-state index contributed by atoms with van der Waals surface area (Å²) in [6.45, 7) is 51.1. The fraction of sp³-hybridized carbons (Fsp3) is 1.00. The van der Waals surface area contributed by atoms with Crippen LogP contribution in [0.2, 0.25) is 180 Å². The summed E-state index contributed by atoms with van der Waals surface area (Å²) in [6, 6.07) is 6.92. The molecule has 46 heavy (non-hydrogen) atoms. The second-order valence-electron chi connectivity index (χ2n) is 19.4. The van der Waals surface area contributed by atoms with Crippen molar-refractivity contribution >= 4 is 93.7 Å². The fourth-order valence-electron chi connectivity index (χ4n) is 6.27. The molecule has 0 N–H and O–H groups in total. The van der Waals surface area contributed by atoms with E-state index in [2.05, 4.69) is 144 Å². The van der Waals surface area contributed by atoms with E-state index in [1.165, 1.54) is 12.1 Å². The van der Waals surface area contributed by atoms with Gasteiger partial charge in [0.25, 0.3) is 0 Å². The van der Waals surface area contributed by atoms with E-state index in [0.717, 1.165) is 24.2 Å². The summed E-state index contributed by atoms with van der Waals surface area (Å²) < 4.78 is 47.7. The lowest BCUT2D eigenvalue weighted by Crippen LogP contribution is -2.56. The molecule has 0 saturated carbocycles. The zero-order valence-corrected chi connectivity index (χ0v) is 46.1. The molecule has 0 aromatic carbocycles. The van der Waals surface area contributed by atoms with Crippen LogP contribution in [-0.4, -0.2) is 93.7 Å². The first kappa shape index (κ1) is 48.1. The Labute approximate surface area is 300 Å². The summed E-state index contributed by atoms with van der Waals surface area (Å²) in [4.78, 5) is 0. The molecule has 0 radical (unpaired) electrons. The maximum Gasteiger partial charge on any atom is 0.465 e. The second kappa shape index (κ2) is 17.8. The van der Waals surface area contributed by atoms with Crippen molar-refractivity contribution in [3.05, 3.63) is 0 Å². The highest BCUT2D eigenvalue weighted by Crippen LogP contribution is 2.33. The molecule has 0 aromatic heterocycles. The summed E-state index contributed by atoms with van der Waals surface area (Å²) in [6.07, 6.45) is 0. The van der Waals surface area contributed by atoms with Crippen molar-refractivity contribution in [2.24, 2.45) is 0 Å². The molecular formula is C28H80O7Si11. The van der Waals surface area contributed by atoms with Crippen LogP contribution in [0.1, 0.15) is 0 Å². The Morgan fingerprint density at radius 2 is 0.543 bits per heavy atom. The van der Waals surface area contributed by atoms with Gasteiger partial charge in [0.15, 0.2) is 59.7 Å². The first-order valence-corrected chi connectivity index (χ1v) is 50.6. The fourth-order valence-corrected chi connectivity index (χ4v) is 58.6. The zero-order valence-electron chi connectivity index (χ0n) is 34.8. The molecule has 18 heteroatoms. The van der Waals surface area contributed by atoms with Gasteiger partial charge in [-0.1, -0.05) is 25.7 Å². The Morgan fingerprint density at radius 1 is 0.326 bits per heavy atom. The summed E-state index contributed by atoms with van der Waals surface area (Å²) in [5, 5.41) is 0. The molecule has 0 fully saturated rings. The molecule has 0 spiro atoms. The van der Waals surface area contributed by atoms with E-state index in [1.54, 1.807) is 0 Å². The predicted octanol–water partition coefficient (Wildman–Crippen LogP) is 10.4. The third-order valence-corrected chi connectivity index (χ3v) is 45.7. The molecule has 0 atom stereocenters. The summed E-state index contributed by atoms with van der Waals surface area (Å²) in [5.41, 5.74) is 0. The quantitative estimate of drug-likeness (QED) is 0.0950. The SMILES string of the molecule is C[SiH](C)O[Si](C)(O[SiH](C)C)O[Si](C)(C)CC[Si](C)(C)O[Si](C)(C)O[Si](C)(C)CC[Si](C)(C)O[Si](C)(C)O[Si](C)(C)CC[Si](C)(C)C. The van der Waals surface area contributed by atoms with E-state index < -0.39 is 93.7 Å². The van der Waals surface area contributed by atoms with Gasteiger partial charge in [-0.05, 0) is 148 Å². The van der Waals surface area contributed by atoms with Gasteiger partial charge in [-0.3, -0.25) is 0 Å². The highest BCUT2D eigenvalue weighted by Gasteiger charge is 2.46. The molecule has 278 valence electrons. The average Bonchev–Trinajstić information content (AvgIpc) is 2.70. The first-order valence-electron chi connectivity index (χ1n) is 17.9. The van der Waals surface area contributed by atoms with Crippen LogP contribution in [0.4, 0.5) is 0 Å². The van der Waals surface area contributed by atoms with Crippen LogP contribution in [0.5, 0.6) is 0 Å². The van der Waals surface area contributed by atoms with Crippen molar-refractivity contribution in [2.75, 3.05) is 0 Å². The van der Waals surface area contributed by atoms with Crippen LogP contribution in [0.15, 0.2) is 0 Å². The lowest BCUT2D eigenvalue weighted by atomic mass is 10.9. The van der Waals surface area contributed by atoms with Crippen molar-refractivity contribution < 1.29 is 28.8 Å². The molecule has 0 rings (SSSR count). The van der Waals surface area contributed by atoms with Gasteiger partial charge in [-0.15, -0.1) is 0 Å². The minimum absolute atomic E-state index is 1.06. The molecule has 7 nitrogen and oxygen atoms in total. The van der Waals surface area contributed by atoms with Crippen LogP contribution >= 0.6 is 0 Å². The number of hydrogen-bond acceptors (Lipinski definition) is 7. The lowest BCUT2D eigenvalue weighted by Gasteiger charge is -2.42. The normalized spacial score (nSPS) is 15.4. The molecule has 0 aliphatic heterocycles. The number of rotatable bonds is 23. The smallest absolute Gasteiger partial charge is 0.437 e. The largest absolute Gasteiger partial charge is 0.465 e. The van der Waals surface area contributed by atoms with Crippen molar-refractivity contribution in [3.63, 3.8) is 0 Å².